The van der Waals surface area contributed by atoms with E-state index in [-0.39, 0.29) is 0 Å². The molecule has 1 aromatic carbocycles. The molecule has 1 aliphatic heterocycles. The highest BCUT2D eigenvalue weighted by Gasteiger charge is 2.18. The minimum atomic E-state index is 0.790. The summed E-state index contributed by atoms with van der Waals surface area (Å²) in [4.78, 5) is 5.17. The van der Waals surface area contributed by atoms with E-state index in [1.165, 1.54) is 5.56 Å². The average Bonchev–Trinajstić information content (AvgIpc) is 2.46. The van der Waals surface area contributed by atoms with E-state index >= 15 is 0 Å². The number of anilines is 2. The average molecular weight is 164 g/mol. The predicted octanol–water partition coefficient (Wildman–Crippen LogP) is 1.19. The third kappa shape index (κ3) is 1.02. The minimum Gasteiger partial charge on any atom is -0.399 e. The Kier molecular flexibility index (Phi) is 1.66. The van der Waals surface area contributed by atoms with Gasteiger partial charge in [-0.1, -0.05) is 6.07 Å². The Morgan fingerprint density at radius 2 is 2.33 bits per heavy atom. The first-order chi connectivity index (χ1) is 5.81. The summed E-state index contributed by atoms with van der Waals surface area (Å²) in [5.41, 5.74) is 8.88. The van der Waals surface area contributed by atoms with E-state index in [4.69, 9.17) is 10.6 Å². The van der Waals surface area contributed by atoms with Gasteiger partial charge in [0, 0.05) is 12.2 Å². The van der Waals surface area contributed by atoms with Gasteiger partial charge in [-0.25, -0.2) is 0 Å². The zero-order valence-electron chi connectivity index (χ0n) is 7.08. The summed E-state index contributed by atoms with van der Waals surface area (Å²) in [7, 11) is 1.68. The third-order valence-corrected chi connectivity index (χ3v) is 2.18. The molecule has 12 heavy (non-hydrogen) atoms. The first-order valence-electron chi connectivity index (χ1n) is 4.01. The van der Waals surface area contributed by atoms with Crippen LogP contribution in [0.2, 0.25) is 0 Å². The van der Waals surface area contributed by atoms with Gasteiger partial charge in [0.25, 0.3) is 0 Å². The summed E-state index contributed by atoms with van der Waals surface area (Å²) < 4.78 is 0. The second-order valence-corrected chi connectivity index (χ2v) is 2.92. The summed E-state index contributed by atoms with van der Waals surface area (Å²) in [6.07, 6.45) is 1.05. The molecule has 0 atom stereocenters. The molecule has 0 fully saturated rings. The third-order valence-electron chi connectivity index (χ3n) is 2.18. The van der Waals surface area contributed by atoms with E-state index < -0.39 is 0 Å². The largest absolute Gasteiger partial charge is 0.399 e. The molecule has 1 heterocycles. The number of fused-ring (bicyclic) bond motifs is 1. The molecule has 2 N–H and O–H groups in total. The maximum Gasteiger partial charge on any atom is 0.0689 e. The standard InChI is InChI=1S/C9H12N2O/c1-12-11-5-4-7-2-3-8(10)6-9(7)11/h2-3,6H,4-5,10H2,1H3. The number of benzene rings is 1. The summed E-state index contributed by atoms with van der Waals surface area (Å²) >= 11 is 0. The van der Waals surface area contributed by atoms with Crippen LogP contribution in [0.15, 0.2) is 18.2 Å². The lowest BCUT2D eigenvalue weighted by Gasteiger charge is -2.15. The molecule has 0 spiro atoms. The smallest absolute Gasteiger partial charge is 0.0689 e. The van der Waals surface area contributed by atoms with Gasteiger partial charge in [0.1, 0.15) is 0 Å². The number of nitrogens with two attached hydrogens (primary N) is 1. The Labute approximate surface area is 71.7 Å². The highest BCUT2D eigenvalue weighted by Crippen LogP contribution is 2.29. The van der Waals surface area contributed by atoms with Gasteiger partial charge in [-0.3, -0.25) is 9.90 Å². The summed E-state index contributed by atoms with van der Waals surface area (Å²) in [6, 6.07) is 5.94. The van der Waals surface area contributed by atoms with Crippen molar-refractivity contribution in [2.24, 2.45) is 0 Å². The van der Waals surface area contributed by atoms with Crippen molar-refractivity contribution in [1.29, 1.82) is 0 Å². The molecule has 0 radical (unpaired) electrons. The molecule has 2 rings (SSSR count). The number of hydroxylamine groups is 1. The molecule has 0 saturated carbocycles. The highest BCUT2D eigenvalue weighted by molar-refractivity contribution is 5.62. The summed E-state index contributed by atoms with van der Waals surface area (Å²) in [5, 5.41) is 1.87. The maximum absolute atomic E-state index is 5.67. The van der Waals surface area contributed by atoms with Crippen LogP contribution in [0, 0.1) is 0 Å². The molecule has 3 heteroatoms. The lowest BCUT2D eigenvalue weighted by molar-refractivity contribution is 0.174. The van der Waals surface area contributed by atoms with E-state index in [0.717, 1.165) is 24.3 Å². The van der Waals surface area contributed by atoms with E-state index in [0.29, 0.717) is 0 Å². The van der Waals surface area contributed by atoms with Crippen molar-refractivity contribution in [3.05, 3.63) is 23.8 Å². The van der Waals surface area contributed by atoms with Gasteiger partial charge in [-0.2, -0.15) is 0 Å². The van der Waals surface area contributed by atoms with Crippen LogP contribution in [-0.2, 0) is 11.3 Å². The first-order valence-corrected chi connectivity index (χ1v) is 4.01. The van der Waals surface area contributed by atoms with Crippen molar-refractivity contribution in [1.82, 2.24) is 0 Å². The van der Waals surface area contributed by atoms with Crippen LogP contribution in [-0.4, -0.2) is 13.7 Å². The van der Waals surface area contributed by atoms with Crippen molar-refractivity contribution in [3.8, 4) is 0 Å². The molecular weight excluding hydrogens is 152 g/mol. The Morgan fingerprint density at radius 3 is 3.08 bits per heavy atom. The maximum atomic E-state index is 5.67. The first kappa shape index (κ1) is 7.43. The van der Waals surface area contributed by atoms with E-state index in [9.17, 15) is 0 Å². The molecule has 0 bridgehead atoms. The van der Waals surface area contributed by atoms with Gasteiger partial charge in [-0.15, -0.1) is 0 Å². The Hall–Kier alpha value is -1.22. The van der Waals surface area contributed by atoms with Gasteiger partial charge in [0.15, 0.2) is 0 Å². The van der Waals surface area contributed by atoms with E-state index in [1.54, 1.807) is 7.11 Å². The monoisotopic (exact) mass is 164 g/mol. The quantitative estimate of drug-likeness (QED) is 0.634. The van der Waals surface area contributed by atoms with Crippen molar-refractivity contribution in [3.63, 3.8) is 0 Å². The fourth-order valence-corrected chi connectivity index (χ4v) is 1.56. The van der Waals surface area contributed by atoms with Crippen LogP contribution < -0.4 is 10.8 Å². The van der Waals surface area contributed by atoms with Crippen LogP contribution >= 0.6 is 0 Å². The molecule has 0 saturated heterocycles. The molecule has 1 aliphatic rings. The van der Waals surface area contributed by atoms with Gasteiger partial charge in [-0.05, 0) is 24.1 Å². The minimum absolute atomic E-state index is 0.790. The van der Waals surface area contributed by atoms with Gasteiger partial charge in [0.05, 0.1) is 12.8 Å². The van der Waals surface area contributed by atoms with E-state index in [2.05, 4.69) is 6.07 Å². The fourth-order valence-electron chi connectivity index (χ4n) is 1.56. The SMILES string of the molecule is CON1CCc2ccc(N)cc21. The number of nitrogen functional groups attached to an aromatic ring is 1. The van der Waals surface area contributed by atoms with Crippen LogP contribution in [0.3, 0.4) is 0 Å². The second kappa shape index (κ2) is 2.68. The molecule has 0 aromatic heterocycles. The molecule has 1 aromatic rings. The lowest BCUT2D eigenvalue weighted by Crippen LogP contribution is -2.18. The van der Waals surface area contributed by atoms with Crippen LogP contribution in [0.5, 0.6) is 0 Å². The van der Waals surface area contributed by atoms with Crippen LogP contribution in [0.4, 0.5) is 11.4 Å². The highest BCUT2D eigenvalue weighted by atomic mass is 16.7. The number of hydrogen-bond acceptors (Lipinski definition) is 3. The summed E-state index contributed by atoms with van der Waals surface area (Å²) in [6.45, 7) is 0.926. The van der Waals surface area contributed by atoms with Crippen LogP contribution in [0.25, 0.3) is 0 Å². The molecule has 0 amide bonds. The molecule has 0 aliphatic carbocycles. The van der Waals surface area contributed by atoms with Gasteiger partial charge < -0.3 is 5.73 Å². The van der Waals surface area contributed by atoms with Crippen LogP contribution in [0.1, 0.15) is 5.56 Å². The molecular formula is C9H12N2O. The Morgan fingerprint density at radius 1 is 1.50 bits per heavy atom. The molecule has 3 nitrogen and oxygen atoms in total. The second-order valence-electron chi connectivity index (χ2n) is 2.92. The summed E-state index contributed by atoms with van der Waals surface area (Å²) in [5.74, 6) is 0. The number of rotatable bonds is 1. The van der Waals surface area contributed by atoms with Crippen molar-refractivity contribution >= 4 is 11.4 Å². The van der Waals surface area contributed by atoms with Gasteiger partial charge in [0.2, 0.25) is 0 Å². The number of nitrogens with zero attached hydrogens (tertiary/aromatic N) is 1. The van der Waals surface area contributed by atoms with E-state index in [1.807, 2.05) is 17.2 Å². The zero-order chi connectivity index (χ0) is 8.55. The number of hydrogen-bond donors (Lipinski definition) is 1. The molecule has 0 unspecified atom stereocenters. The topological polar surface area (TPSA) is 38.5 Å². The van der Waals surface area contributed by atoms with Crippen molar-refractivity contribution < 1.29 is 4.84 Å². The Balaban J connectivity index is 2.42. The van der Waals surface area contributed by atoms with Crippen molar-refractivity contribution in [2.75, 3.05) is 24.5 Å². The fraction of sp³-hybridized carbons (Fsp3) is 0.333. The normalized spacial score (nSPS) is 14.9. The van der Waals surface area contributed by atoms with Gasteiger partial charge >= 0.3 is 0 Å². The Bertz CT molecular complexity index is 299. The van der Waals surface area contributed by atoms with Crippen molar-refractivity contribution in [2.45, 2.75) is 6.42 Å². The molecule has 64 valence electrons. The predicted molar refractivity (Wildman–Crippen MR) is 48.9 cm³/mol. The zero-order valence-corrected chi connectivity index (χ0v) is 7.08. The lowest BCUT2D eigenvalue weighted by atomic mass is 10.1.